The minimum Gasteiger partial charge on any atom is -0.497 e. The highest BCUT2D eigenvalue weighted by molar-refractivity contribution is 5.79. The van der Waals surface area contributed by atoms with Gasteiger partial charge in [0.2, 0.25) is 0 Å². The summed E-state index contributed by atoms with van der Waals surface area (Å²) in [6, 6.07) is 30.0. The van der Waals surface area contributed by atoms with Gasteiger partial charge in [-0.2, -0.15) is 0 Å². The molecule has 0 aromatic heterocycles. The summed E-state index contributed by atoms with van der Waals surface area (Å²) in [7, 11) is 1.70. The second-order valence-electron chi connectivity index (χ2n) is 6.89. The van der Waals surface area contributed by atoms with Gasteiger partial charge in [0, 0.05) is 12.6 Å². The number of hydrogen-bond acceptors (Lipinski definition) is 2. The van der Waals surface area contributed by atoms with E-state index in [0.717, 1.165) is 18.8 Å². The molecular formula is C26H29NO. The lowest BCUT2D eigenvalue weighted by Crippen LogP contribution is -2.27. The number of benzene rings is 3. The molecule has 0 aliphatic heterocycles. The Hall–Kier alpha value is -2.84. The Balaban J connectivity index is 1.85. The lowest BCUT2D eigenvalue weighted by atomic mass is 9.97. The highest BCUT2D eigenvalue weighted by Gasteiger charge is 2.14. The van der Waals surface area contributed by atoms with E-state index >= 15 is 0 Å². The second kappa shape index (κ2) is 9.91. The van der Waals surface area contributed by atoms with Crippen LogP contribution in [0.15, 0.2) is 91.0 Å². The summed E-state index contributed by atoms with van der Waals surface area (Å²) in [5.41, 5.74) is 5.09. The van der Waals surface area contributed by atoms with E-state index in [9.17, 15) is 0 Å². The van der Waals surface area contributed by atoms with Gasteiger partial charge in [0.1, 0.15) is 5.75 Å². The molecule has 2 nitrogen and oxygen atoms in total. The first-order valence-corrected chi connectivity index (χ1v) is 9.92. The first-order chi connectivity index (χ1) is 13.7. The molecule has 1 atom stereocenters. The van der Waals surface area contributed by atoms with Crippen molar-refractivity contribution >= 4 is 5.57 Å². The Morgan fingerprint density at radius 1 is 0.857 bits per heavy atom. The van der Waals surface area contributed by atoms with Crippen molar-refractivity contribution in [2.45, 2.75) is 19.9 Å². The van der Waals surface area contributed by atoms with Crippen LogP contribution in [-0.2, 0) is 0 Å². The Kier molecular flexibility index (Phi) is 7.05. The van der Waals surface area contributed by atoms with E-state index < -0.39 is 0 Å². The van der Waals surface area contributed by atoms with E-state index in [4.69, 9.17) is 4.74 Å². The Morgan fingerprint density at radius 3 is 1.86 bits per heavy atom. The molecule has 0 radical (unpaired) electrons. The predicted molar refractivity (Wildman–Crippen MR) is 119 cm³/mol. The standard InChI is InChI=1S/C26H29NO/c1-4-27(21(2)22-15-17-25(28-3)18-16-22)20-19-26(23-11-7-5-8-12-23)24-13-9-6-10-14-24/h5-19,21H,4,20H2,1-3H3. The number of likely N-dealkylation sites (N-methyl/N-ethyl adjacent to an activating group) is 1. The maximum atomic E-state index is 5.29. The van der Waals surface area contributed by atoms with Crippen LogP contribution < -0.4 is 4.74 Å². The minimum absolute atomic E-state index is 0.333. The third-order valence-corrected chi connectivity index (χ3v) is 5.25. The van der Waals surface area contributed by atoms with Crippen LogP contribution in [0.25, 0.3) is 5.57 Å². The summed E-state index contributed by atoms with van der Waals surface area (Å²) in [6.07, 6.45) is 2.36. The maximum absolute atomic E-state index is 5.29. The first kappa shape index (κ1) is 19.9. The van der Waals surface area contributed by atoms with E-state index in [1.807, 2.05) is 12.1 Å². The van der Waals surface area contributed by atoms with Crippen LogP contribution in [0.4, 0.5) is 0 Å². The molecule has 0 saturated heterocycles. The summed E-state index contributed by atoms with van der Waals surface area (Å²) in [5.74, 6) is 0.898. The molecule has 0 heterocycles. The normalized spacial score (nSPS) is 11.9. The van der Waals surface area contributed by atoms with Gasteiger partial charge in [-0.3, -0.25) is 4.90 Å². The van der Waals surface area contributed by atoms with E-state index in [-0.39, 0.29) is 0 Å². The van der Waals surface area contributed by atoms with Crippen LogP contribution in [0.1, 0.15) is 36.6 Å². The average Bonchev–Trinajstić information content (AvgIpc) is 2.78. The van der Waals surface area contributed by atoms with E-state index in [1.165, 1.54) is 22.3 Å². The van der Waals surface area contributed by atoms with Crippen molar-refractivity contribution in [2.24, 2.45) is 0 Å². The molecular weight excluding hydrogens is 342 g/mol. The fourth-order valence-electron chi connectivity index (χ4n) is 3.50. The molecule has 0 spiro atoms. The van der Waals surface area contributed by atoms with Crippen molar-refractivity contribution in [3.05, 3.63) is 108 Å². The van der Waals surface area contributed by atoms with Crippen LogP contribution in [0, 0.1) is 0 Å². The maximum Gasteiger partial charge on any atom is 0.118 e. The molecule has 0 aliphatic rings. The number of nitrogens with zero attached hydrogens (tertiary/aromatic N) is 1. The Bertz CT molecular complexity index is 828. The zero-order valence-electron chi connectivity index (χ0n) is 17.0. The zero-order chi connectivity index (χ0) is 19.8. The molecule has 3 aromatic carbocycles. The van der Waals surface area contributed by atoms with Gasteiger partial charge in [0.25, 0.3) is 0 Å². The summed E-state index contributed by atoms with van der Waals surface area (Å²) in [6.45, 7) is 6.37. The van der Waals surface area contributed by atoms with Crippen molar-refractivity contribution in [1.82, 2.24) is 4.90 Å². The topological polar surface area (TPSA) is 12.5 Å². The lowest BCUT2D eigenvalue weighted by molar-refractivity contribution is 0.247. The third-order valence-electron chi connectivity index (χ3n) is 5.25. The second-order valence-corrected chi connectivity index (χ2v) is 6.89. The molecule has 1 unspecified atom stereocenters. The first-order valence-electron chi connectivity index (χ1n) is 9.92. The molecule has 0 bridgehead atoms. The monoisotopic (exact) mass is 371 g/mol. The van der Waals surface area contributed by atoms with Crippen molar-refractivity contribution < 1.29 is 4.74 Å². The highest BCUT2D eigenvalue weighted by atomic mass is 16.5. The van der Waals surface area contributed by atoms with Gasteiger partial charge >= 0.3 is 0 Å². The fourth-order valence-corrected chi connectivity index (χ4v) is 3.50. The summed E-state index contributed by atoms with van der Waals surface area (Å²) in [4.78, 5) is 2.48. The summed E-state index contributed by atoms with van der Waals surface area (Å²) in [5, 5.41) is 0. The molecule has 0 amide bonds. The number of rotatable bonds is 8. The fraction of sp³-hybridized carbons (Fsp3) is 0.231. The Morgan fingerprint density at radius 2 is 1.39 bits per heavy atom. The Labute approximate surface area is 169 Å². The summed E-state index contributed by atoms with van der Waals surface area (Å²) >= 11 is 0. The molecule has 3 rings (SSSR count). The third kappa shape index (κ3) is 4.90. The summed E-state index contributed by atoms with van der Waals surface area (Å²) < 4.78 is 5.29. The number of hydrogen-bond donors (Lipinski definition) is 0. The smallest absolute Gasteiger partial charge is 0.118 e. The van der Waals surface area contributed by atoms with E-state index in [0.29, 0.717) is 6.04 Å². The SMILES string of the molecule is CCN(CC=C(c1ccccc1)c1ccccc1)C(C)c1ccc(OC)cc1. The number of ether oxygens (including phenoxy) is 1. The van der Waals surface area contributed by atoms with Crippen molar-refractivity contribution in [3.8, 4) is 5.75 Å². The quantitative estimate of drug-likeness (QED) is 0.467. The molecule has 28 heavy (non-hydrogen) atoms. The van der Waals surface area contributed by atoms with Gasteiger partial charge < -0.3 is 4.74 Å². The lowest BCUT2D eigenvalue weighted by Gasteiger charge is -2.27. The molecule has 0 saturated carbocycles. The number of methoxy groups -OCH3 is 1. The van der Waals surface area contributed by atoms with Gasteiger partial charge in [-0.05, 0) is 47.9 Å². The predicted octanol–water partition coefficient (Wildman–Crippen LogP) is 6.21. The van der Waals surface area contributed by atoms with Gasteiger partial charge in [-0.15, -0.1) is 0 Å². The van der Waals surface area contributed by atoms with Gasteiger partial charge in [0.05, 0.1) is 7.11 Å². The zero-order valence-corrected chi connectivity index (χ0v) is 17.0. The van der Waals surface area contributed by atoms with Crippen LogP contribution in [-0.4, -0.2) is 25.1 Å². The van der Waals surface area contributed by atoms with Crippen molar-refractivity contribution in [3.63, 3.8) is 0 Å². The van der Waals surface area contributed by atoms with Crippen LogP contribution in [0.3, 0.4) is 0 Å². The largest absolute Gasteiger partial charge is 0.497 e. The highest BCUT2D eigenvalue weighted by Crippen LogP contribution is 2.26. The van der Waals surface area contributed by atoms with Gasteiger partial charge in [-0.25, -0.2) is 0 Å². The molecule has 144 valence electrons. The molecule has 0 fully saturated rings. The van der Waals surface area contributed by atoms with E-state index in [1.54, 1.807) is 7.11 Å². The van der Waals surface area contributed by atoms with Gasteiger partial charge in [-0.1, -0.05) is 85.8 Å². The van der Waals surface area contributed by atoms with E-state index in [2.05, 4.69) is 97.6 Å². The molecule has 2 heteroatoms. The van der Waals surface area contributed by atoms with Crippen LogP contribution >= 0.6 is 0 Å². The van der Waals surface area contributed by atoms with Crippen LogP contribution in [0.2, 0.25) is 0 Å². The van der Waals surface area contributed by atoms with Crippen molar-refractivity contribution in [2.75, 3.05) is 20.2 Å². The average molecular weight is 372 g/mol. The molecule has 0 N–H and O–H groups in total. The van der Waals surface area contributed by atoms with Crippen LogP contribution in [0.5, 0.6) is 5.75 Å². The molecule has 0 aliphatic carbocycles. The van der Waals surface area contributed by atoms with Crippen molar-refractivity contribution in [1.29, 1.82) is 0 Å². The molecule has 3 aromatic rings. The minimum atomic E-state index is 0.333. The van der Waals surface area contributed by atoms with Gasteiger partial charge in [0.15, 0.2) is 0 Å².